The van der Waals surface area contributed by atoms with E-state index < -0.39 is 11.6 Å². The summed E-state index contributed by atoms with van der Waals surface area (Å²) >= 11 is 5.75. The van der Waals surface area contributed by atoms with E-state index in [9.17, 15) is 14.0 Å². The molecule has 0 aliphatic heterocycles. The van der Waals surface area contributed by atoms with E-state index in [0.29, 0.717) is 5.39 Å². The molecule has 24 heavy (non-hydrogen) atoms. The highest BCUT2D eigenvalue weighted by molar-refractivity contribution is 6.31. The smallest absolute Gasteiger partial charge is 0.287 e. The van der Waals surface area contributed by atoms with Crippen LogP contribution in [-0.4, -0.2) is 25.3 Å². The fourth-order valence-electron chi connectivity index (χ4n) is 2.72. The van der Waals surface area contributed by atoms with Crippen molar-refractivity contribution >= 4 is 28.3 Å². The lowest BCUT2D eigenvalue weighted by molar-refractivity contribution is 0.103. The van der Waals surface area contributed by atoms with Crippen LogP contribution in [0.4, 0.5) is 4.39 Å². The van der Waals surface area contributed by atoms with E-state index in [1.54, 1.807) is 7.05 Å². The SMILES string of the molecule is Cn1nc2c(=O)n(C3CC3)ncc2c1C(=O)c1ccc(F)c(Cl)c1. The third kappa shape index (κ3) is 2.24. The number of fused-ring (bicyclic) bond motifs is 1. The maximum atomic E-state index is 13.3. The van der Waals surface area contributed by atoms with Gasteiger partial charge in [0.2, 0.25) is 5.78 Å². The quantitative estimate of drug-likeness (QED) is 0.683. The topological polar surface area (TPSA) is 69.8 Å². The van der Waals surface area contributed by atoms with Crippen molar-refractivity contribution in [1.29, 1.82) is 0 Å². The summed E-state index contributed by atoms with van der Waals surface area (Å²) < 4.78 is 16.1. The molecule has 0 atom stereocenters. The van der Waals surface area contributed by atoms with Gasteiger partial charge in [-0.2, -0.15) is 10.2 Å². The summed E-state index contributed by atoms with van der Waals surface area (Å²) in [4.78, 5) is 25.2. The average molecular weight is 347 g/mol. The van der Waals surface area contributed by atoms with E-state index in [2.05, 4.69) is 10.2 Å². The fourth-order valence-corrected chi connectivity index (χ4v) is 2.90. The first kappa shape index (κ1) is 15.0. The van der Waals surface area contributed by atoms with Gasteiger partial charge in [0.1, 0.15) is 11.5 Å². The minimum atomic E-state index is -0.600. The van der Waals surface area contributed by atoms with Gasteiger partial charge >= 0.3 is 0 Å². The maximum absolute atomic E-state index is 13.3. The number of hydrogen-bond donors (Lipinski definition) is 0. The number of rotatable bonds is 3. The van der Waals surface area contributed by atoms with Crippen molar-refractivity contribution in [2.24, 2.45) is 7.05 Å². The molecule has 2 aromatic heterocycles. The molecule has 0 spiro atoms. The fraction of sp³-hybridized carbons (Fsp3) is 0.250. The Kier molecular flexibility index (Phi) is 3.28. The van der Waals surface area contributed by atoms with Gasteiger partial charge in [-0.15, -0.1) is 0 Å². The third-order valence-electron chi connectivity index (χ3n) is 4.10. The molecule has 6 nitrogen and oxygen atoms in total. The zero-order chi connectivity index (χ0) is 17.0. The van der Waals surface area contributed by atoms with Gasteiger partial charge in [-0.25, -0.2) is 9.07 Å². The molecule has 1 fully saturated rings. The normalized spacial score (nSPS) is 14.3. The summed E-state index contributed by atoms with van der Waals surface area (Å²) in [5, 5.41) is 8.59. The van der Waals surface area contributed by atoms with Gasteiger partial charge in [-0.1, -0.05) is 11.6 Å². The van der Waals surface area contributed by atoms with Crippen LogP contribution in [-0.2, 0) is 7.05 Å². The van der Waals surface area contributed by atoms with E-state index in [-0.39, 0.29) is 33.4 Å². The minimum Gasteiger partial charge on any atom is -0.287 e. The number of nitrogens with zero attached hydrogens (tertiary/aromatic N) is 4. The Bertz CT molecular complexity index is 1050. The first-order valence-corrected chi connectivity index (χ1v) is 7.79. The Morgan fingerprint density at radius 3 is 2.79 bits per heavy atom. The molecule has 1 aliphatic carbocycles. The largest absolute Gasteiger partial charge is 0.295 e. The van der Waals surface area contributed by atoms with Crippen molar-refractivity contribution in [2.75, 3.05) is 0 Å². The van der Waals surface area contributed by atoms with E-state index in [4.69, 9.17) is 11.6 Å². The van der Waals surface area contributed by atoms with Crippen molar-refractivity contribution in [3.8, 4) is 0 Å². The van der Waals surface area contributed by atoms with Gasteiger partial charge in [0.15, 0.2) is 5.52 Å². The van der Waals surface area contributed by atoms with Crippen LogP contribution < -0.4 is 5.56 Å². The molecule has 0 unspecified atom stereocenters. The lowest BCUT2D eigenvalue weighted by Crippen LogP contribution is -2.21. The zero-order valence-corrected chi connectivity index (χ0v) is 13.4. The second kappa shape index (κ2) is 5.24. The van der Waals surface area contributed by atoms with Gasteiger partial charge in [0.25, 0.3) is 5.56 Å². The Balaban J connectivity index is 1.88. The van der Waals surface area contributed by atoms with Gasteiger partial charge in [0.05, 0.1) is 22.6 Å². The van der Waals surface area contributed by atoms with Gasteiger partial charge in [0, 0.05) is 12.6 Å². The number of carbonyl (C=O) groups excluding carboxylic acids is 1. The van der Waals surface area contributed by atoms with Crippen LogP contribution in [0.2, 0.25) is 5.02 Å². The first-order valence-electron chi connectivity index (χ1n) is 7.41. The molecule has 8 heteroatoms. The van der Waals surface area contributed by atoms with Crippen LogP contribution in [0.1, 0.15) is 34.9 Å². The zero-order valence-electron chi connectivity index (χ0n) is 12.7. The first-order chi connectivity index (χ1) is 11.5. The summed E-state index contributed by atoms with van der Waals surface area (Å²) in [6, 6.07) is 3.86. The number of carbonyl (C=O) groups is 1. The molecule has 122 valence electrons. The van der Waals surface area contributed by atoms with Crippen molar-refractivity contribution in [1.82, 2.24) is 19.6 Å². The van der Waals surface area contributed by atoms with E-state index in [1.165, 1.54) is 27.7 Å². The number of aromatic nitrogens is 4. The third-order valence-corrected chi connectivity index (χ3v) is 4.38. The van der Waals surface area contributed by atoms with Crippen LogP contribution in [0.25, 0.3) is 10.9 Å². The highest BCUT2D eigenvalue weighted by Crippen LogP contribution is 2.33. The molecule has 1 aliphatic rings. The van der Waals surface area contributed by atoms with Crippen LogP contribution in [0, 0.1) is 5.82 Å². The number of hydrogen-bond acceptors (Lipinski definition) is 4. The van der Waals surface area contributed by atoms with Crippen LogP contribution in [0.5, 0.6) is 0 Å². The Labute approximate surface area is 140 Å². The second-order valence-electron chi connectivity index (χ2n) is 5.82. The molecule has 1 aromatic carbocycles. The maximum Gasteiger partial charge on any atom is 0.295 e. The summed E-state index contributed by atoms with van der Waals surface area (Å²) in [6.07, 6.45) is 3.33. The van der Waals surface area contributed by atoms with Gasteiger partial charge in [-0.3, -0.25) is 14.3 Å². The lowest BCUT2D eigenvalue weighted by atomic mass is 10.1. The van der Waals surface area contributed by atoms with Gasteiger partial charge in [-0.05, 0) is 31.0 Å². The van der Waals surface area contributed by atoms with Crippen molar-refractivity contribution in [2.45, 2.75) is 18.9 Å². The van der Waals surface area contributed by atoms with E-state index >= 15 is 0 Å². The minimum absolute atomic E-state index is 0.124. The highest BCUT2D eigenvalue weighted by Gasteiger charge is 2.28. The summed E-state index contributed by atoms with van der Waals surface area (Å²) in [5.74, 6) is -0.996. The number of halogens is 2. The van der Waals surface area contributed by atoms with Crippen LogP contribution >= 0.6 is 11.6 Å². The van der Waals surface area contributed by atoms with Gasteiger partial charge < -0.3 is 0 Å². The molecule has 0 saturated heterocycles. The summed E-state index contributed by atoms with van der Waals surface area (Å²) in [5.41, 5.74) is 0.343. The van der Waals surface area contributed by atoms with Crippen molar-refractivity contribution in [3.63, 3.8) is 0 Å². The molecule has 0 radical (unpaired) electrons. The van der Waals surface area contributed by atoms with Crippen LogP contribution in [0.3, 0.4) is 0 Å². The predicted molar refractivity (Wildman–Crippen MR) is 85.9 cm³/mol. The average Bonchev–Trinajstić information content (AvgIpc) is 3.32. The molecule has 0 amide bonds. The van der Waals surface area contributed by atoms with Crippen LogP contribution in [0.15, 0.2) is 29.2 Å². The Hall–Kier alpha value is -2.54. The number of aryl methyl sites for hydroxylation is 1. The molecule has 0 bridgehead atoms. The number of ketones is 1. The number of benzene rings is 1. The second-order valence-corrected chi connectivity index (χ2v) is 6.23. The highest BCUT2D eigenvalue weighted by atomic mass is 35.5. The summed E-state index contributed by atoms with van der Waals surface area (Å²) in [6.45, 7) is 0. The molecule has 0 N–H and O–H groups in total. The molecular formula is C16H12ClFN4O2. The Morgan fingerprint density at radius 2 is 2.12 bits per heavy atom. The van der Waals surface area contributed by atoms with Crippen molar-refractivity contribution < 1.29 is 9.18 Å². The standard InChI is InChI=1S/C16H12ClFN4O2/c1-21-14(15(23)8-2-5-12(18)11(17)6-8)10-7-19-22(9-3-4-9)16(24)13(10)20-21/h2,5-7,9H,3-4H2,1H3. The molecule has 4 rings (SSSR count). The van der Waals surface area contributed by atoms with Crippen molar-refractivity contribution in [3.05, 3.63) is 56.8 Å². The summed E-state index contributed by atoms with van der Waals surface area (Å²) in [7, 11) is 1.58. The van der Waals surface area contributed by atoms with E-state index in [0.717, 1.165) is 18.9 Å². The lowest BCUT2D eigenvalue weighted by Gasteiger charge is -2.04. The molecule has 2 heterocycles. The predicted octanol–water partition coefficient (Wildman–Crippen LogP) is 2.49. The Morgan fingerprint density at radius 1 is 1.38 bits per heavy atom. The monoisotopic (exact) mass is 346 g/mol. The van der Waals surface area contributed by atoms with E-state index in [1.807, 2.05) is 0 Å². The molecular weight excluding hydrogens is 335 g/mol. The molecule has 1 saturated carbocycles. The molecule has 3 aromatic rings.